The molecule has 0 aliphatic carbocycles. The third-order valence-electron chi connectivity index (χ3n) is 4.68. The zero-order chi connectivity index (χ0) is 19.6. The van der Waals surface area contributed by atoms with Crippen LogP contribution in [-0.2, 0) is 10.0 Å². The highest BCUT2D eigenvalue weighted by Gasteiger charge is 2.29. The first-order chi connectivity index (χ1) is 12.8. The fraction of sp³-hybridized carbons (Fsp3) is 0.350. The van der Waals surface area contributed by atoms with Gasteiger partial charge >= 0.3 is 0 Å². The molecule has 2 aromatic carbocycles. The molecule has 7 heteroatoms. The van der Waals surface area contributed by atoms with Crippen molar-refractivity contribution in [3.8, 4) is 0 Å². The Kier molecular flexibility index (Phi) is 5.77. The normalized spacial score (nSPS) is 17.1. The molecule has 0 unspecified atom stereocenters. The number of carbonyl (C=O) groups excluding carboxylic acids is 1. The number of amides is 1. The summed E-state index contributed by atoms with van der Waals surface area (Å²) < 4.78 is 25.7. The topological polar surface area (TPSA) is 66.5 Å². The quantitative estimate of drug-likeness (QED) is 0.815. The third-order valence-corrected chi connectivity index (χ3v) is 6.80. The molecule has 1 aliphatic heterocycles. The zero-order valence-corrected chi connectivity index (χ0v) is 16.9. The van der Waals surface area contributed by atoms with Crippen molar-refractivity contribution in [3.05, 3.63) is 64.7 Å². The molecular weight excluding hydrogens is 384 g/mol. The predicted molar refractivity (Wildman–Crippen MR) is 109 cm³/mol. The maximum Gasteiger partial charge on any atom is 0.251 e. The zero-order valence-electron chi connectivity index (χ0n) is 15.4. The van der Waals surface area contributed by atoms with Crippen LogP contribution in [0.25, 0.3) is 0 Å². The SMILES string of the molecule is CC(C)[C@@H](NC(=O)c1cccc(N2CCCS2(=O)=O)c1)c1ccc(Cl)cc1. The van der Waals surface area contributed by atoms with Crippen LogP contribution in [0.2, 0.25) is 5.02 Å². The summed E-state index contributed by atoms with van der Waals surface area (Å²) in [6, 6.07) is 14.0. The van der Waals surface area contributed by atoms with Crippen molar-refractivity contribution in [3.63, 3.8) is 0 Å². The van der Waals surface area contributed by atoms with Crippen LogP contribution in [0.15, 0.2) is 48.5 Å². The predicted octanol–water partition coefficient (Wildman–Crippen LogP) is 4.01. The van der Waals surface area contributed by atoms with E-state index in [0.29, 0.717) is 29.2 Å². The molecule has 1 saturated heterocycles. The van der Waals surface area contributed by atoms with Crippen molar-refractivity contribution in [1.82, 2.24) is 5.32 Å². The Morgan fingerprint density at radius 3 is 2.44 bits per heavy atom. The number of hydrogen-bond donors (Lipinski definition) is 1. The van der Waals surface area contributed by atoms with E-state index in [-0.39, 0.29) is 23.6 Å². The number of benzene rings is 2. The standard InChI is InChI=1S/C20H23ClN2O3S/c1-14(2)19(15-7-9-17(21)10-8-15)22-20(24)16-5-3-6-18(13-16)23-11-4-12-27(23,25)26/h3,5-10,13-14,19H,4,11-12H2,1-2H3,(H,22,24)/t19-/m1/s1. The largest absolute Gasteiger partial charge is 0.345 e. The second-order valence-corrected chi connectivity index (χ2v) is 9.49. The second kappa shape index (κ2) is 7.90. The van der Waals surface area contributed by atoms with Gasteiger partial charge in [-0.05, 0) is 48.2 Å². The minimum Gasteiger partial charge on any atom is -0.345 e. The average molecular weight is 407 g/mol. The number of rotatable bonds is 5. The molecule has 1 atom stereocenters. The minimum atomic E-state index is -3.28. The summed E-state index contributed by atoms with van der Waals surface area (Å²) in [7, 11) is -3.28. The van der Waals surface area contributed by atoms with E-state index in [2.05, 4.69) is 5.32 Å². The van der Waals surface area contributed by atoms with Crippen LogP contribution in [0.3, 0.4) is 0 Å². The Balaban J connectivity index is 1.82. The van der Waals surface area contributed by atoms with Crippen LogP contribution in [0.5, 0.6) is 0 Å². The van der Waals surface area contributed by atoms with Gasteiger partial charge in [-0.1, -0.05) is 43.6 Å². The molecule has 1 fully saturated rings. The van der Waals surface area contributed by atoms with Crippen LogP contribution in [-0.4, -0.2) is 26.6 Å². The summed E-state index contributed by atoms with van der Waals surface area (Å²) >= 11 is 5.96. The fourth-order valence-electron chi connectivity index (χ4n) is 3.26. The number of carbonyl (C=O) groups is 1. The van der Waals surface area contributed by atoms with Gasteiger partial charge in [0.25, 0.3) is 5.91 Å². The lowest BCUT2D eigenvalue weighted by Crippen LogP contribution is -2.32. The third kappa shape index (κ3) is 4.45. The van der Waals surface area contributed by atoms with Gasteiger partial charge < -0.3 is 5.32 Å². The Morgan fingerprint density at radius 2 is 1.85 bits per heavy atom. The maximum absolute atomic E-state index is 12.8. The molecule has 0 aromatic heterocycles. The molecule has 27 heavy (non-hydrogen) atoms. The van der Waals surface area contributed by atoms with E-state index in [0.717, 1.165) is 5.56 Å². The van der Waals surface area contributed by atoms with E-state index >= 15 is 0 Å². The van der Waals surface area contributed by atoms with Gasteiger partial charge in [0, 0.05) is 17.1 Å². The van der Waals surface area contributed by atoms with Gasteiger partial charge in [0.05, 0.1) is 17.5 Å². The summed E-state index contributed by atoms with van der Waals surface area (Å²) in [5.41, 5.74) is 1.95. The highest BCUT2D eigenvalue weighted by atomic mass is 35.5. The summed E-state index contributed by atoms with van der Waals surface area (Å²) in [6.45, 7) is 4.52. The molecule has 0 saturated carbocycles. The van der Waals surface area contributed by atoms with E-state index in [4.69, 9.17) is 11.6 Å². The Labute approximate surface area is 165 Å². The number of nitrogens with one attached hydrogen (secondary N) is 1. The molecule has 5 nitrogen and oxygen atoms in total. The molecule has 0 radical (unpaired) electrons. The lowest BCUT2D eigenvalue weighted by atomic mass is 9.95. The first-order valence-electron chi connectivity index (χ1n) is 8.95. The Bertz CT molecular complexity index is 926. The van der Waals surface area contributed by atoms with Gasteiger partial charge in [-0.25, -0.2) is 8.42 Å². The fourth-order valence-corrected chi connectivity index (χ4v) is 4.94. The van der Waals surface area contributed by atoms with Crippen molar-refractivity contribution >= 4 is 33.2 Å². The highest BCUT2D eigenvalue weighted by molar-refractivity contribution is 7.93. The molecule has 0 bridgehead atoms. The van der Waals surface area contributed by atoms with Crippen molar-refractivity contribution in [1.29, 1.82) is 0 Å². The molecular formula is C20H23ClN2O3S. The Hall–Kier alpha value is -2.05. The smallest absolute Gasteiger partial charge is 0.251 e. The molecule has 1 aliphatic rings. The molecule has 1 amide bonds. The summed E-state index contributed by atoms with van der Waals surface area (Å²) in [4.78, 5) is 12.8. The number of sulfonamides is 1. The van der Waals surface area contributed by atoms with E-state index in [1.54, 1.807) is 36.4 Å². The summed E-state index contributed by atoms with van der Waals surface area (Å²) in [6.07, 6.45) is 0.602. The summed E-state index contributed by atoms with van der Waals surface area (Å²) in [5, 5.41) is 3.70. The lowest BCUT2D eigenvalue weighted by Gasteiger charge is -2.23. The van der Waals surface area contributed by atoms with Crippen molar-refractivity contribution < 1.29 is 13.2 Å². The van der Waals surface area contributed by atoms with E-state index in [1.807, 2.05) is 26.0 Å². The second-order valence-electron chi connectivity index (χ2n) is 7.04. The van der Waals surface area contributed by atoms with Crippen molar-refractivity contribution in [2.24, 2.45) is 5.92 Å². The highest BCUT2D eigenvalue weighted by Crippen LogP contribution is 2.26. The molecule has 144 valence electrons. The van der Waals surface area contributed by atoms with Gasteiger partial charge in [0.2, 0.25) is 10.0 Å². The van der Waals surface area contributed by atoms with Gasteiger partial charge in [0.15, 0.2) is 0 Å². The summed E-state index contributed by atoms with van der Waals surface area (Å²) in [5.74, 6) is 0.0921. The van der Waals surface area contributed by atoms with Crippen LogP contribution in [0.4, 0.5) is 5.69 Å². The van der Waals surface area contributed by atoms with Gasteiger partial charge in [0.1, 0.15) is 0 Å². The lowest BCUT2D eigenvalue weighted by molar-refractivity contribution is 0.0925. The molecule has 3 rings (SSSR count). The molecule has 1 heterocycles. The molecule has 0 spiro atoms. The van der Waals surface area contributed by atoms with Crippen LogP contribution in [0, 0.1) is 5.92 Å². The number of nitrogens with zero attached hydrogens (tertiary/aromatic N) is 1. The average Bonchev–Trinajstić information content (AvgIpc) is 2.99. The number of hydrogen-bond acceptors (Lipinski definition) is 3. The van der Waals surface area contributed by atoms with E-state index in [9.17, 15) is 13.2 Å². The maximum atomic E-state index is 12.8. The monoisotopic (exact) mass is 406 g/mol. The van der Waals surface area contributed by atoms with Crippen molar-refractivity contribution in [2.75, 3.05) is 16.6 Å². The number of anilines is 1. The minimum absolute atomic E-state index is 0.148. The van der Waals surface area contributed by atoms with Crippen LogP contribution < -0.4 is 9.62 Å². The van der Waals surface area contributed by atoms with Gasteiger partial charge in [-0.2, -0.15) is 0 Å². The first-order valence-corrected chi connectivity index (χ1v) is 10.9. The number of halogens is 1. The van der Waals surface area contributed by atoms with E-state index in [1.165, 1.54) is 4.31 Å². The van der Waals surface area contributed by atoms with Crippen LogP contribution in [0.1, 0.15) is 42.2 Å². The Morgan fingerprint density at radius 1 is 1.15 bits per heavy atom. The van der Waals surface area contributed by atoms with Crippen LogP contribution >= 0.6 is 11.6 Å². The van der Waals surface area contributed by atoms with Crippen molar-refractivity contribution in [2.45, 2.75) is 26.3 Å². The molecule has 1 N–H and O–H groups in total. The molecule has 2 aromatic rings. The van der Waals surface area contributed by atoms with Gasteiger partial charge in [-0.3, -0.25) is 9.10 Å². The first kappa shape index (κ1) is 19.7. The van der Waals surface area contributed by atoms with E-state index < -0.39 is 10.0 Å². The van der Waals surface area contributed by atoms with Gasteiger partial charge in [-0.15, -0.1) is 0 Å².